The van der Waals surface area contributed by atoms with Crippen LogP contribution in [0.5, 0.6) is 0 Å². The summed E-state index contributed by atoms with van der Waals surface area (Å²) < 4.78 is 5.61. The molecule has 1 aliphatic rings. The first-order valence-electron chi connectivity index (χ1n) is 13.3. The number of hydrogen-bond acceptors (Lipinski definition) is 7. The van der Waals surface area contributed by atoms with Crippen LogP contribution in [0.3, 0.4) is 0 Å². The number of carbonyl (C=O) groups is 1. The van der Waals surface area contributed by atoms with Crippen molar-refractivity contribution in [2.24, 2.45) is 5.41 Å². The maximum absolute atomic E-state index is 12.5. The zero-order valence-corrected chi connectivity index (χ0v) is 23.2. The van der Waals surface area contributed by atoms with Crippen molar-refractivity contribution in [1.82, 2.24) is 20.0 Å². The minimum Gasteiger partial charge on any atom is -0.459 e. The molecule has 7 heteroatoms. The van der Waals surface area contributed by atoms with Crippen LogP contribution in [-0.4, -0.2) is 91.7 Å². The average molecular weight is 490 g/mol. The fraction of sp³-hybridized carbons (Fsp3) is 0.750. The maximum Gasteiger partial charge on any atom is 0.320 e. The Balaban J connectivity index is 2.07. The lowest BCUT2D eigenvalue weighted by molar-refractivity contribution is -0.156. The van der Waals surface area contributed by atoms with Crippen molar-refractivity contribution in [3.63, 3.8) is 0 Å². The summed E-state index contributed by atoms with van der Waals surface area (Å²) in [6.07, 6.45) is 2.14. The van der Waals surface area contributed by atoms with Crippen molar-refractivity contribution in [3.8, 4) is 0 Å². The molecule has 0 saturated carbocycles. The molecule has 0 radical (unpaired) electrons. The second-order valence-electron chi connectivity index (χ2n) is 12.2. The van der Waals surface area contributed by atoms with Gasteiger partial charge in [-0.05, 0) is 82.9 Å². The third kappa shape index (κ3) is 13.9. The summed E-state index contributed by atoms with van der Waals surface area (Å²) in [5, 5.41) is 3.61. The van der Waals surface area contributed by atoms with Crippen molar-refractivity contribution in [1.29, 1.82) is 0 Å². The molecule has 1 aromatic rings. The maximum atomic E-state index is 12.5. The van der Waals surface area contributed by atoms with E-state index < -0.39 is 5.60 Å². The Morgan fingerprint density at radius 3 is 2.14 bits per heavy atom. The summed E-state index contributed by atoms with van der Waals surface area (Å²) in [7, 11) is 0. The van der Waals surface area contributed by atoms with Gasteiger partial charge in [0.1, 0.15) is 5.60 Å². The highest BCUT2D eigenvalue weighted by Gasteiger charge is 2.21. The number of nitrogens with two attached hydrogens (primary N) is 1. The van der Waals surface area contributed by atoms with Crippen LogP contribution in [-0.2, 0) is 16.1 Å². The van der Waals surface area contributed by atoms with Crippen LogP contribution < -0.4 is 11.1 Å². The summed E-state index contributed by atoms with van der Waals surface area (Å²) in [6, 6.07) is 8.20. The van der Waals surface area contributed by atoms with E-state index in [0.29, 0.717) is 6.54 Å². The van der Waals surface area contributed by atoms with E-state index >= 15 is 0 Å². The molecule has 200 valence electrons. The quantitative estimate of drug-likeness (QED) is 0.485. The third-order valence-corrected chi connectivity index (χ3v) is 5.97. The number of benzene rings is 1. The Morgan fingerprint density at radius 2 is 1.49 bits per heavy atom. The number of hydrogen-bond donors (Lipinski definition) is 2. The first kappa shape index (κ1) is 29.6. The molecule has 7 nitrogen and oxygen atoms in total. The highest BCUT2D eigenvalue weighted by molar-refractivity contribution is 5.72. The van der Waals surface area contributed by atoms with Crippen molar-refractivity contribution in [2.75, 3.05) is 71.2 Å². The Morgan fingerprint density at radius 1 is 0.857 bits per heavy atom. The van der Waals surface area contributed by atoms with Crippen LogP contribution in [0.4, 0.5) is 5.69 Å². The van der Waals surface area contributed by atoms with Gasteiger partial charge in [0.05, 0.1) is 6.54 Å². The lowest BCUT2D eigenvalue weighted by Crippen LogP contribution is -2.43. The first-order chi connectivity index (χ1) is 16.4. The van der Waals surface area contributed by atoms with Gasteiger partial charge in [0.15, 0.2) is 0 Å². The van der Waals surface area contributed by atoms with E-state index in [9.17, 15) is 4.79 Å². The van der Waals surface area contributed by atoms with E-state index in [1.807, 2.05) is 32.9 Å². The second-order valence-corrected chi connectivity index (χ2v) is 12.2. The number of nitrogens with one attached hydrogen (secondary N) is 1. The zero-order chi connectivity index (χ0) is 25.9. The minimum atomic E-state index is -0.457. The SMILES string of the molecule is CC(C)(C)CN1CCCN(Cc2ccc(N)cc2)CCN(CC(=O)OC(C)(C)C)CCCNCC1. The van der Waals surface area contributed by atoms with Gasteiger partial charge >= 0.3 is 5.97 Å². The van der Waals surface area contributed by atoms with E-state index in [0.717, 1.165) is 84.0 Å². The van der Waals surface area contributed by atoms with Crippen LogP contribution >= 0.6 is 0 Å². The smallest absolute Gasteiger partial charge is 0.320 e. The highest BCUT2D eigenvalue weighted by Crippen LogP contribution is 2.16. The molecule has 0 bridgehead atoms. The van der Waals surface area contributed by atoms with Crippen LogP contribution in [0.15, 0.2) is 24.3 Å². The van der Waals surface area contributed by atoms with Crippen LogP contribution in [0.2, 0.25) is 0 Å². The minimum absolute atomic E-state index is 0.144. The standard InChI is InChI=1S/C28H51N5O2/c1-27(2,3)23-33-17-8-16-31(21-24-9-11-25(29)12-10-24)19-20-32(15-7-13-30-14-18-33)22-26(34)35-28(4,5)6/h9-12,30H,7-8,13-23,29H2,1-6H3. The van der Waals surface area contributed by atoms with Gasteiger partial charge in [0.2, 0.25) is 0 Å². The number of nitrogens with zero attached hydrogens (tertiary/aromatic N) is 3. The van der Waals surface area contributed by atoms with Crippen molar-refractivity contribution < 1.29 is 9.53 Å². The molecule has 0 spiro atoms. The predicted molar refractivity (Wildman–Crippen MR) is 146 cm³/mol. The number of esters is 1. The molecule has 1 aromatic carbocycles. The summed E-state index contributed by atoms with van der Waals surface area (Å²) in [5.74, 6) is -0.144. The van der Waals surface area contributed by atoms with E-state index in [1.165, 1.54) is 5.56 Å². The lowest BCUT2D eigenvalue weighted by atomic mass is 9.96. The van der Waals surface area contributed by atoms with Crippen LogP contribution in [0.25, 0.3) is 0 Å². The Bertz CT molecular complexity index is 739. The molecular weight excluding hydrogens is 438 g/mol. The topological polar surface area (TPSA) is 74.1 Å². The van der Waals surface area contributed by atoms with Gasteiger partial charge in [0.25, 0.3) is 0 Å². The molecule has 0 atom stereocenters. The summed E-state index contributed by atoms with van der Waals surface area (Å²) in [5.41, 5.74) is 7.80. The first-order valence-corrected chi connectivity index (χ1v) is 13.3. The molecule has 2 rings (SSSR count). The van der Waals surface area contributed by atoms with Gasteiger partial charge in [-0.15, -0.1) is 0 Å². The third-order valence-electron chi connectivity index (χ3n) is 5.97. The van der Waals surface area contributed by atoms with Crippen molar-refractivity contribution >= 4 is 11.7 Å². The predicted octanol–water partition coefficient (Wildman–Crippen LogP) is 3.45. The zero-order valence-electron chi connectivity index (χ0n) is 23.2. The monoisotopic (exact) mass is 489 g/mol. The highest BCUT2D eigenvalue weighted by atomic mass is 16.6. The molecule has 0 unspecified atom stereocenters. The number of anilines is 1. The van der Waals surface area contributed by atoms with Gasteiger partial charge in [-0.2, -0.15) is 0 Å². The second kappa shape index (κ2) is 14.2. The van der Waals surface area contributed by atoms with E-state index in [2.05, 4.69) is 52.9 Å². The summed E-state index contributed by atoms with van der Waals surface area (Å²) in [6.45, 7) is 22.9. The molecule has 1 aliphatic heterocycles. The van der Waals surface area contributed by atoms with Crippen LogP contribution in [0.1, 0.15) is 59.9 Å². The largest absolute Gasteiger partial charge is 0.459 e. The van der Waals surface area contributed by atoms with Gasteiger partial charge in [-0.25, -0.2) is 0 Å². The van der Waals surface area contributed by atoms with E-state index in [-0.39, 0.29) is 11.4 Å². The number of carbonyl (C=O) groups excluding carboxylic acids is 1. The molecular formula is C28H51N5O2. The summed E-state index contributed by atoms with van der Waals surface area (Å²) >= 11 is 0. The van der Waals surface area contributed by atoms with E-state index in [4.69, 9.17) is 10.5 Å². The number of ether oxygens (including phenoxy) is 1. The molecule has 0 amide bonds. The van der Waals surface area contributed by atoms with E-state index in [1.54, 1.807) is 0 Å². The van der Waals surface area contributed by atoms with Crippen LogP contribution in [0, 0.1) is 5.41 Å². The molecule has 35 heavy (non-hydrogen) atoms. The molecule has 1 saturated heterocycles. The van der Waals surface area contributed by atoms with Gasteiger partial charge in [0, 0.05) is 45.0 Å². The molecule has 0 aromatic heterocycles. The normalized spacial score (nSPS) is 19.3. The number of rotatable bonds is 5. The number of nitrogen functional groups attached to an aromatic ring is 1. The van der Waals surface area contributed by atoms with Crippen molar-refractivity contribution in [3.05, 3.63) is 29.8 Å². The fourth-order valence-corrected chi connectivity index (χ4v) is 4.51. The fourth-order valence-electron chi connectivity index (χ4n) is 4.51. The summed E-state index contributed by atoms with van der Waals surface area (Å²) in [4.78, 5) is 19.9. The van der Waals surface area contributed by atoms with Gasteiger partial charge in [-0.1, -0.05) is 32.9 Å². The molecule has 3 N–H and O–H groups in total. The Labute approximate surface area is 214 Å². The lowest BCUT2D eigenvalue weighted by Gasteiger charge is -2.32. The average Bonchev–Trinajstić information content (AvgIpc) is 2.72. The van der Waals surface area contributed by atoms with Gasteiger partial charge in [-0.3, -0.25) is 14.6 Å². The Hall–Kier alpha value is -1.67. The van der Waals surface area contributed by atoms with Crippen molar-refractivity contribution in [2.45, 2.75) is 66.5 Å². The molecule has 0 aliphatic carbocycles. The molecule has 1 heterocycles. The molecule has 1 fully saturated rings. The van der Waals surface area contributed by atoms with Gasteiger partial charge < -0.3 is 20.7 Å². The Kier molecular flexibility index (Phi) is 12.0.